The molecule has 2 N–H and O–H groups in total. The van der Waals surface area contributed by atoms with Crippen LogP contribution in [0.4, 0.5) is 5.69 Å². The molecule has 0 saturated carbocycles. The van der Waals surface area contributed by atoms with E-state index in [1.807, 2.05) is 36.7 Å². The Bertz CT molecular complexity index is 1440. The van der Waals surface area contributed by atoms with Crippen molar-refractivity contribution >= 4 is 34.9 Å². The maximum Gasteiger partial charge on any atom is 0.290 e. The Morgan fingerprint density at radius 3 is 2.58 bits per heavy atom. The van der Waals surface area contributed by atoms with Crippen LogP contribution < -0.4 is 5.32 Å². The number of rotatable bonds is 8. The average Bonchev–Trinajstić information content (AvgIpc) is 3.27. The van der Waals surface area contributed by atoms with Crippen molar-refractivity contribution in [2.24, 2.45) is 0 Å². The molecule has 4 heterocycles. The van der Waals surface area contributed by atoms with Gasteiger partial charge in [-0.1, -0.05) is 24.3 Å². The van der Waals surface area contributed by atoms with Crippen molar-refractivity contribution in [1.82, 2.24) is 24.4 Å². The molecular formula is C28H30N6O4. The fourth-order valence-corrected chi connectivity index (χ4v) is 4.38. The lowest BCUT2D eigenvalue weighted by Crippen LogP contribution is -2.36. The van der Waals surface area contributed by atoms with Crippen molar-refractivity contribution in [3.05, 3.63) is 83.7 Å². The second kappa shape index (κ2) is 12.2. The number of aromatic nitrogens is 4. The molecule has 1 amide bonds. The monoisotopic (exact) mass is 514 g/mol. The zero-order valence-electron chi connectivity index (χ0n) is 21.4. The van der Waals surface area contributed by atoms with Crippen molar-refractivity contribution in [3.63, 3.8) is 0 Å². The molecule has 0 atom stereocenters. The van der Waals surface area contributed by atoms with E-state index in [-0.39, 0.29) is 30.6 Å². The minimum atomic E-state index is -0.250. The van der Waals surface area contributed by atoms with Gasteiger partial charge in [0.1, 0.15) is 12.0 Å². The molecule has 1 aliphatic heterocycles. The normalized spacial score (nSPS) is 12.9. The van der Waals surface area contributed by atoms with E-state index in [9.17, 15) is 9.59 Å². The zero-order valence-corrected chi connectivity index (χ0v) is 21.4. The van der Waals surface area contributed by atoms with Crippen LogP contribution in [-0.4, -0.2) is 60.8 Å². The van der Waals surface area contributed by atoms with Crippen LogP contribution in [0.15, 0.2) is 61.4 Å². The van der Waals surface area contributed by atoms with Crippen LogP contribution in [0.1, 0.15) is 53.4 Å². The highest BCUT2D eigenvalue weighted by molar-refractivity contribution is 6.16. The number of likely N-dealkylation sites (tertiary alicyclic amines) is 1. The van der Waals surface area contributed by atoms with Crippen molar-refractivity contribution in [3.8, 4) is 0 Å². The van der Waals surface area contributed by atoms with E-state index >= 15 is 0 Å². The van der Waals surface area contributed by atoms with Gasteiger partial charge in [0.2, 0.25) is 5.91 Å². The lowest BCUT2D eigenvalue weighted by molar-refractivity contribution is -0.123. The van der Waals surface area contributed by atoms with E-state index in [4.69, 9.17) is 9.90 Å². The van der Waals surface area contributed by atoms with Gasteiger partial charge in [-0.05, 0) is 50.6 Å². The number of fused-ring (bicyclic) bond motifs is 1. The van der Waals surface area contributed by atoms with Crippen LogP contribution >= 0.6 is 0 Å². The first-order valence-electron chi connectivity index (χ1n) is 12.4. The van der Waals surface area contributed by atoms with Crippen LogP contribution in [0.25, 0.3) is 11.0 Å². The van der Waals surface area contributed by atoms with Crippen LogP contribution in [0, 0.1) is 0 Å². The van der Waals surface area contributed by atoms with Gasteiger partial charge in [-0.25, -0.2) is 9.97 Å². The first-order valence-corrected chi connectivity index (χ1v) is 12.4. The molecule has 0 spiro atoms. The summed E-state index contributed by atoms with van der Waals surface area (Å²) in [6.45, 7) is 7.01. The maximum atomic E-state index is 13.4. The third kappa shape index (κ3) is 6.27. The third-order valence-electron chi connectivity index (χ3n) is 6.29. The van der Waals surface area contributed by atoms with Crippen molar-refractivity contribution in [1.29, 1.82) is 0 Å². The number of hydrogen-bond acceptors (Lipinski definition) is 7. The van der Waals surface area contributed by atoms with E-state index in [2.05, 4.69) is 37.3 Å². The molecule has 0 radical (unpaired) electrons. The van der Waals surface area contributed by atoms with Gasteiger partial charge in [0.15, 0.2) is 5.78 Å². The first kappa shape index (κ1) is 26.6. The highest BCUT2D eigenvalue weighted by atomic mass is 16.3. The molecule has 1 aliphatic rings. The lowest BCUT2D eigenvalue weighted by Gasteiger charge is -2.30. The number of ketones is 1. The van der Waals surface area contributed by atoms with Gasteiger partial charge in [-0.2, -0.15) is 0 Å². The summed E-state index contributed by atoms with van der Waals surface area (Å²) in [6, 6.07) is 9.94. The van der Waals surface area contributed by atoms with E-state index in [1.54, 1.807) is 18.5 Å². The molecular weight excluding hydrogens is 484 g/mol. The Morgan fingerprint density at radius 2 is 1.87 bits per heavy atom. The summed E-state index contributed by atoms with van der Waals surface area (Å²) in [4.78, 5) is 49.5. The standard InChI is InChI=1S/C27H28N6O2.CH2O2/c1-18(2)33-16-24(23-14-29-17-30-27(23)33)26(35)21-11-22(13-28-12-21)31-25(34)10-19-5-3-6-20(9-19)15-32-7-4-8-32;2-1-3/h3,5-6,9,11-14,16-18H,4,7-8,10,15H2,1-2H3,(H,31,34);1H,(H,2,3). The number of nitrogens with one attached hydrogen (secondary N) is 1. The Labute approximate surface area is 220 Å². The molecule has 10 heteroatoms. The minimum absolute atomic E-state index is 0.141. The molecule has 0 unspecified atom stereocenters. The second-order valence-corrected chi connectivity index (χ2v) is 9.38. The van der Waals surface area contributed by atoms with E-state index in [0.717, 1.165) is 25.2 Å². The van der Waals surface area contributed by atoms with Crippen LogP contribution in [0.3, 0.4) is 0 Å². The Balaban J connectivity index is 0.00000107. The summed E-state index contributed by atoms with van der Waals surface area (Å²) in [7, 11) is 0. The smallest absolute Gasteiger partial charge is 0.290 e. The summed E-state index contributed by atoms with van der Waals surface area (Å²) < 4.78 is 1.96. The quantitative estimate of drug-likeness (QED) is 0.269. The van der Waals surface area contributed by atoms with Crippen molar-refractivity contribution in [2.45, 2.75) is 39.3 Å². The lowest BCUT2D eigenvalue weighted by atomic mass is 10.0. The number of hydrogen-bond donors (Lipinski definition) is 2. The molecule has 5 rings (SSSR count). The number of carboxylic acid groups (broad SMARTS) is 1. The SMILES string of the molecule is CC(C)n1cc(C(=O)c2cncc(NC(=O)Cc3cccc(CN4CCC4)c3)c2)c2cncnc21.O=CO. The summed E-state index contributed by atoms with van der Waals surface area (Å²) in [5.74, 6) is -0.339. The highest BCUT2D eigenvalue weighted by Crippen LogP contribution is 2.25. The molecule has 10 nitrogen and oxygen atoms in total. The number of anilines is 1. The van der Waals surface area contributed by atoms with Gasteiger partial charge in [-0.15, -0.1) is 0 Å². The summed E-state index contributed by atoms with van der Waals surface area (Å²) in [6.07, 6.45) is 9.52. The van der Waals surface area contributed by atoms with E-state index in [1.165, 1.54) is 24.5 Å². The van der Waals surface area contributed by atoms with E-state index < -0.39 is 0 Å². The van der Waals surface area contributed by atoms with Gasteiger partial charge in [0, 0.05) is 42.1 Å². The number of amides is 1. The van der Waals surface area contributed by atoms with Gasteiger partial charge < -0.3 is 15.0 Å². The molecule has 38 heavy (non-hydrogen) atoms. The number of nitrogens with zero attached hydrogens (tertiary/aromatic N) is 5. The molecule has 1 fully saturated rings. The van der Waals surface area contributed by atoms with Crippen LogP contribution in [0.2, 0.25) is 0 Å². The fraction of sp³-hybridized carbons (Fsp3) is 0.286. The second-order valence-electron chi connectivity index (χ2n) is 9.38. The molecule has 1 aromatic carbocycles. The van der Waals surface area contributed by atoms with Crippen LogP contribution in [0.5, 0.6) is 0 Å². The summed E-state index contributed by atoms with van der Waals surface area (Å²) in [5, 5.41) is 10.5. The number of carbonyl (C=O) groups excluding carboxylic acids is 2. The Hall–Kier alpha value is -4.44. The molecule has 3 aromatic heterocycles. The van der Waals surface area contributed by atoms with Crippen molar-refractivity contribution < 1.29 is 19.5 Å². The predicted molar refractivity (Wildman–Crippen MR) is 143 cm³/mol. The first-order chi connectivity index (χ1) is 18.4. The third-order valence-corrected chi connectivity index (χ3v) is 6.29. The predicted octanol–water partition coefficient (Wildman–Crippen LogP) is 3.73. The largest absolute Gasteiger partial charge is 0.483 e. The zero-order chi connectivity index (χ0) is 27.1. The fourth-order valence-electron chi connectivity index (χ4n) is 4.38. The molecule has 4 aromatic rings. The molecule has 0 aliphatic carbocycles. The Morgan fingerprint density at radius 1 is 1.11 bits per heavy atom. The molecule has 196 valence electrons. The number of pyridine rings is 1. The number of carbonyl (C=O) groups is 3. The maximum absolute atomic E-state index is 13.4. The highest BCUT2D eigenvalue weighted by Gasteiger charge is 2.20. The molecule has 1 saturated heterocycles. The minimum Gasteiger partial charge on any atom is -0.483 e. The topological polar surface area (TPSA) is 130 Å². The summed E-state index contributed by atoms with van der Waals surface area (Å²) >= 11 is 0. The van der Waals surface area contributed by atoms with Crippen molar-refractivity contribution in [2.75, 3.05) is 18.4 Å². The average molecular weight is 515 g/mol. The molecule has 0 bridgehead atoms. The van der Waals surface area contributed by atoms with Gasteiger partial charge in [0.25, 0.3) is 6.47 Å². The number of benzene rings is 1. The van der Waals surface area contributed by atoms with E-state index in [0.29, 0.717) is 27.8 Å². The van der Waals surface area contributed by atoms with Crippen LogP contribution in [-0.2, 0) is 22.6 Å². The van der Waals surface area contributed by atoms with Gasteiger partial charge in [0.05, 0.1) is 23.9 Å². The van der Waals surface area contributed by atoms with Gasteiger partial charge >= 0.3 is 0 Å². The summed E-state index contributed by atoms with van der Waals surface area (Å²) in [5.41, 5.74) is 4.29. The van der Waals surface area contributed by atoms with Gasteiger partial charge in [-0.3, -0.25) is 24.3 Å². The Kier molecular flexibility index (Phi) is 8.55.